The van der Waals surface area contributed by atoms with E-state index in [0.29, 0.717) is 11.4 Å². The molecule has 7 heteroatoms. The Bertz CT molecular complexity index is 582. The van der Waals surface area contributed by atoms with E-state index in [0.717, 1.165) is 4.47 Å². The number of amides is 1. The molecule has 4 N–H and O–H groups in total. The number of carbonyl (C=O) groups is 1. The number of nitrogens with two attached hydrogens (primary N) is 1. The molecule has 2 rings (SSSR count). The maximum Gasteiger partial charge on any atom is 0.261 e. The molecule has 1 amide bonds. The van der Waals surface area contributed by atoms with E-state index in [-0.39, 0.29) is 17.3 Å². The Morgan fingerprint density at radius 2 is 2.33 bits per heavy atom. The lowest BCUT2D eigenvalue weighted by atomic mass is 10.2. The van der Waals surface area contributed by atoms with Crippen molar-refractivity contribution in [3.8, 4) is 5.75 Å². The average molecular weight is 311 g/mol. The molecule has 0 unspecified atom stereocenters. The highest BCUT2D eigenvalue weighted by molar-refractivity contribution is 9.10. The predicted molar refractivity (Wildman–Crippen MR) is 71.6 cm³/mol. The van der Waals surface area contributed by atoms with Gasteiger partial charge in [-0.25, -0.2) is 0 Å². The highest BCUT2D eigenvalue weighted by Gasteiger charge is 2.14. The van der Waals surface area contributed by atoms with Gasteiger partial charge in [-0.1, -0.05) is 15.9 Å². The number of aromatic amines is 1. The Kier molecular flexibility index (Phi) is 3.52. The number of nitrogens with zero attached hydrogens (tertiary/aromatic N) is 1. The quantitative estimate of drug-likeness (QED) is 0.808. The van der Waals surface area contributed by atoms with Crippen LogP contribution in [0.25, 0.3) is 0 Å². The number of hydrogen-bond donors (Lipinski definition) is 3. The number of nitrogen functional groups attached to an aromatic ring is 1. The number of hydrogen-bond acceptors (Lipinski definition) is 4. The van der Waals surface area contributed by atoms with Crippen molar-refractivity contribution in [3.05, 3.63) is 34.4 Å². The van der Waals surface area contributed by atoms with Gasteiger partial charge in [0.25, 0.3) is 5.91 Å². The van der Waals surface area contributed by atoms with Crippen LogP contribution in [0, 0.1) is 0 Å². The Morgan fingerprint density at radius 1 is 1.56 bits per heavy atom. The van der Waals surface area contributed by atoms with Gasteiger partial charge < -0.3 is 15.8 Å². The minimum absolute atomic E-state index is 0.224. The first-order valence-electron chi connectivity index (χ1n) is 5.05. The van der Waals surface area contributed by atoms with E-state index in [4.69, 9.17) is 10.5 Å². The minimum atomic E-state index is -0.349. The van der Waals surface area contributed by atoms with Crippen LogP contribution in [-0.4, -0.2) is 23.2 Å². The molecule has 0 atom stereocenters. The van der Waals surface area contributed by atoms with E-state index in [1.54, 1.807) is 12.1 Å². The van der Waals surface area contributed by atoms with Gasteiger partial charge >= 0.3 is 0 Å². The highest BCUT2D eigenvalue weighted by Crippen LogP contribution is 2.28. The first-order chi connectivity index (χ1) is 8.61. The molecule has 1 aromatic carbocycles. The molecule has 0 spiro atoms. The number of ether oxygens (including phenoxy) is 1. The lowest BCUT2D eigenvalue weighted by molar-refractivity contribution is 0.102. The summed E-state index contributed by atoms with van der Waals surface area (Å²) in [5, 5.41) is 8.91. The second-order valence-corrected chi connectivity index (χ2v) is 4.41. The Hall–Kier alpha value is -2.02. The molecule has 1 heterocycles. The van der Waals surface area contributed by atoms with E-state index >= 15 is 0 Å². The number of rotatable bonds is 3. The zero-order valence-electron chi connectivity index (χ0n) is 9.53. The number of benzene rings is 1. The monoisotopic (exact) mass is 310 g/mol. The second kappa shape index (κ2) is 5.09. The van der Waals surface area contributed by atoms with Crippen LogP contribution in [0.4, 0.5) is 11.5 Å². The van der Waals surface area contributed by atoms with Crippen LogP contribution in [0.2, 0.25) is 0 Å². The number of methoxy groups -OCH3 is 1. The lowest BCUT2D eigenvalue weighted by Gasteiger charge is -2.10. The van der Waals surface area contributed by atoms with Gasteiger partial charge in [0, 0.05) is 4.47 Å². The molecule has 0 aliphatic rings. The molecule has 6 nitrogen and oxygen atoms in total. The van der Waals surface area contributed by atoms with Crippen LogP contribution in [0.1, 0.15) is 10.4 Å². The van der Waals surface area contributed by atoms with E-state index in [2.05, 4.69) is 31.4 Å². The van der Waals surface area contributed by atoms with E-state index in [1.807, 2.05) is 6.07 Å². The molecular weight excluding hydrogens is 300 g/mol. The van der Waals surface area contributed by atoms with Crippen LogP contribution in [-0.2, 0) is 0 Å². The number of anilines is 2. The lowest BCUT2D eigenvalue weighted by Crippen LogP contribution is -2.13. The second-order valence-electron chi connectivity index (χ2n) is 3.50. The molecule has 0 radical (unpaired) electrons. The number of halogens is 1. The molecule has 1 aromatic heterocycles. The average Bonchev–Trinajstić information content (AvgIpc) is 2.76. The molecule has 0 aliphatic heterocycles. The summed E-state index contributed by atoms with van der Waals surface area (Å²) < 4.78 is 5.99. The molecule has 0 fully saturated rings. The minimum Gasteiger partial charge on any atom is -0.495 e. The van der Waals surface area contributed by atoms with Crippen LogP contribution in [0.5, 0.6) is 5.75 Å². The van der Waals surface area contributed by atoms with Crippen LogP contribution in [0.15, 0.2) is 28.9 Å². The number of H-pyrrole nitrogens is 1. The summed E-state index contributed by atoms with van der Waals surface area (Å²) in [5.74, 6) is 0.438. The summed E-state index contributed by atoms with van der Waals surface area (Å²) in [6.07, 6.45) is 1.37. The molecular formula is C11H11BrN4O2. The Labute approximate surface area is 112 Å². The Morgan fingerprint density at radius 3 is 2.94 bits per heavy atom. The van der Waals surface area contributed by atoms with Gasteiger partial charge in [0.1, 0.15) is 17.1 Å². The highest BCUT2D eigenvalue weighted by atomic mass is 79.9. The predicted octanol–water partition coefficient (Wildman–Crippen LogP) is 2.02. The normalized spacial score (nSPS) is 10.1. The summed E-state index contributed by atoms with van der Waals surface area (Å²) in [6, 6.07) is 5.31. The molecule has 94 valence electrons. The largest absolute Gasteiger partial charge is 0.495 e. The van der Waals surface area contributed by atoms with Crippen LogP contribution < -0.4 is 15.8 Å². The fourth-order valence-corrected chi connectivity index (χ4v) is 1.81. The first kappa shape index (κ1) is 12.4. The Balaban J connectivity index is 2.27. The van der Waals surface area contributed by atoms with Gasteiger partial charge in [-0.05, 0) is 18.2 Å². The van der Waals surface area contributed by atoms with Gasteiger partial charge in [-0.3, -0.25) is 9.89 Å². The van der Waals surface area contributed by atoms with Gasteiger partial charge in [-0.15, -0.1) is 0 Å². The SMILES string of the molecule is COc1ccc(Br)cc1NC(=O)c1cn[nH]c1N. The van der Waals surface area contributed by atoms with Crippen molar-refractivity contribution in [3.63, 3.8) is 0 Å². The molecule has 0 saturated heterocycles. The molecule has 0 saturated carbocycles. The third-order valence-corrected chi connectivity index (χ3v) is 2.82. The fourth-order valence-electron chi connectivity index (χ4n) is 1.44. The summed E-state index contributed by atoms with van der Waals surface area (Å²) in [6.45, 7) is 0. The number of aromatic nitrogens is 2. The first-order valence-corrected chi connectivity index (χ1v) is 5.85. The molecule has 2 aromatic rings. The summed E-state index contributed by atoms with van der Waals surface area (Å²) in [7, 11) is 1.53. The zero-order chi connectivity index (χ0) is 13.1. The molecule has 18 heavy (non-hydrogen) atoms. The van der Waals surface area contributed by atoms with Crippen LogP contribution >= 0.6 is 15.9 Å². The van der Waals surface area contributed by atoms with Crippen molar-refractivity contribution >= 4 is 33.3 Å². The summed E-state index contributed by atoms with van der Waals surface area (Å²) >= 11 is 3.33. The smallest absolute Gasteiger partial charge is 0.261 e. The molecule has 0 aliphatic carbocycles. The summed E-state index contributed by atoms with van der Waals surface area (Å²) in [5.41, 5.74) is 6.42. The van der Waals surface area contributed by atoms with Gasteiger partial charge in [0.15, 0.2) is 0 Å². The zero-order valence-corrected chi connectivity index (χ0v) is 11.1. The third-order valence-electron chi connectivity index (χ3n) is 2.32. The van der Waals surface area contributed by atoms with Gasteiger partial charge in [-0.2, -0.15) is 5.10 Å². The van der Waals surface area contributed by atoms with Gasteiger partial charge in [0.2, 0.25) is 0 Å². The standard InChI is InChI=1S/C11H11BrN4O2/c1-18-9-3-2-6(12)4-8(9)15-11(17)7-5-14-16-10(7)13/h2-5H,1H3,(H,15,17)(H3,13,14,16). The third kappa shape index (κ3) is 2.45. The van der Waals surface area contributed by atoms with Gasteiger partial charge in [0.05, 0.1) is 19.0 Å². The van der Waals surface area contributed by atoms with Crippen molar-refractivity contribution in [2.75, 3.05) is 18.2 Å². The number of carbonyl (C=O) groups excluding carboxylic acids is 1. The summed E-state index contributed by atoms with van der Waals surface area (Å²) in [4.78, 5) is 12.0. The maximum absolute atomic E-state index is 12.0. The van der Waals surface area contributed by atoms with Crippen molar-refractivity contribution < 1.29 is 9.53 Å². The van der Waals surface area contributed by atoms with Crippen molar-refractivity contribution in [2.45, 2.75) is 0 Å². The van der Waals surface area contributed by atoms with E-state index in [1.165, 1.54) is 13.3 Å². The molecule has 0 bridgehead atoms. The van der Waals surface area contributed by atoms with Crippen molar-refractivity contribution in [2.24, 2.45) is 0 Å². The topological polar surface area (TPSA) is 93.0 Å². The maximum atomic E-state index is 12.0. The van der Waals surface area contributed by atoms with E-state index < -0.39 is 0 Å². The van der Waals surface area contributed by atoms with Crippen LogP contribution in [0.3, 0.4) is 0 Å². The fraction of sp³-hybridized carbons (Fsp3) is 0.0909. The van der Waals surface area contributed by atoms with Crippen molar-refractivity contribution in [1.29, 1.82) is 0 Å². The van der Waals surface area contributed by atoms with Crippen molar-refractivity contribution in [1.82, 2.24) is 10.2 Å². The number of nitrogens with one attached hydrogen (secondary N) is 2. The van der Waals surface area contributed by atoms with E-state index in [9.17, 15) is 4.79 Å².